The molecule has 0 saturated heterocycles. The lowest BCUT2D eigenvalue weighted by Gasteiger charge is -2.34. The van der Waals surface area contributed by atoms with Crippen LogP contribution in [0.15, 0.2) is 243 Å². The fraction of sp³-hybridized carbons (Fsp3) is 0.0625. The zero-order valence-electron chi connectivity index (χ0n) is 36.0. The molecule has 1 heteroatoms. The Morgan fingerprint density at radius 3 is 1.77 bits per heavy atom. The average molecular weight is 828 g/mol. The maximum absolute atomic E-state index is 2.58. The molecule has 65 heavy (non-hydrogen) atoms. The number of fused-ring (bicyclic) bond motifs is 8. The molecule has 1 atom stereocenters. The second kappa shape index (κ2) is 15.1. The summed E-state index contributed by atoms with van der Waals surface area (Å²) in [6.45, 7) is 0. The van der Waals surface area contributed by atoms with E-state index < -0.39 is 5.41 Å². The van der Waals surface area contributed by atoms with Crippen LogP contribution in [0.4, 0.5) is 17.1 Å². The zero-order chi connectivity index (χ0) is 42.9. The van der Waals surface area contributed by atoms with Crippen molar-refractivity contribution in [2.24, 2.45) is 0 Å². The third-order valence-electron chi connectivity index (χ3n) is 14.5. The second-order valence-electron chi connectivity index (χ2n) is 17.9. The average Bonchev–Trinajstić information content (AvgIpc) is 3.67. The van der Waals surface area contributed by atoms with Crippen LogP contribution in [0.2, 0.25) is 0 Å². The third-order valence-corrected chi connectivity index (χ3v) is 14.5. The number of hydrogen-bond donors (Lipinski definition) is 0. The van der Waals surface area contributed by atoms with Crippen molar-refractivity contribution in [1.29, 1.82) is 0 Å². The molecule has 2 aliphatic rings. The van der Waals surface area contributed by atoms with Crippen LogP contribution in [-0.2, 0) is 18.3 Å². The van der Waals surface area contributed by atoms with Gasteiger partial charge in [-0.3, -0.25) is 0 Å². The van der Waals surface area contributed by atoms with Gasteiger partial charge in [0.2, 0.25) is 0 Å². The lowest BCUT2D eigenvalue weighted by Crippen LogP contribution is -2.28. The second-order valence-corrected chi connectivity index (χ2v) is 17.9. The SMILES string of the molecule is c1ccc(C2(c3ccccc3)c3ccccc3-c3ccc([C@@H](Cc4ccc(N5c6ccc7ccccc7c6-c6cccc7cccc5c67)cc4)Cc4cccc5ccccc45)cc32)cc1. The van der Waals surface area contributed by atoms with Gasteiger partial charge in [0, 0.05) is 16.6 Å². The maximum Gasteiger partial charge on any atom is 0.0713 e. The van der Waals surface area contributed by atoms with Crippen molar-refractivity contribution in [3.05, 3.63) is 282 Å². The van der Waals surface area contributed by atoms with Gasteiger partial charge in [0.15, 0.2) is 0 Å². The van der Waals surface area contributed by atoms with Crippen LogP contribution in [-0.4, -0.2) is 0 Å². The van der Waals surface area contributed by atoms with Gasteiger partial charge in [-0.25, -0.2) is 0 Å². The first kappa shape index (κ1) is 37.5. The molecule has 1 heterocycles. The molecule has 1 aliphatic heterocycles. The van der Waals surface area contributed by atoms with Gasteiger partial charge in [0.25, 0.3) is 0 Å². The standard InChI is InChI=1S/C64H45N/c1-3-22-50(23-4-1)64(51-24-5-2-6-25-51)58-30-12-11-28-55(58)56-38-34-47(42-59(56)64)49(41-48-21-13-18-44-16-7-9-26-53(44)48)40-43-32-36-52(37-33-43)65-60-31-15-20-46-19-14-29-57(62(46)60)63-54-27-10-8-17-45(54)35-39-61(63)65/h1-39,42,49H,40-41H2/t49-/m0/s1. The summed E-state index contributed by atoms with van der Waals surface area (Å²) >= 11 is 0. The zero-order valence-corrected chi connectivity index (χ0v) is 36.0. The molecule has 306 valence electrons. The summed E-state index contributed by atoms with van der Waals surface area (Å²) < 4.78 is 0. The monoisotopic (exact) mass is 827 g/mol. The van der Waals surface area contributed by atoms with Crippen LogP contribution in [0.1, 0.15) is 44.9 Å². The largest absolute Gasteiger partial charge is 0.309 e. The first-order chi connectivity index (χ1) is 32.2. The minimum atomic E-state index is -0.451. The van der Waals surface area contributed by atoms with Gasteiger partial charge in [-0.05, 0) is 126 Å². The fourth-order valence-corrected chi connectivity index (χ4v) is 11.7. The lowest BCUT2D eigenvalue weighted by molar-refractivity contribution is 0.678. The molecule has 0 N–H and O–H groups in total. The van der Waals surface area contributed by atoms with E-state index in [0.29, 0.717) is 0 Å². The van der Waals surface area contributed by atoms with Crippen molar-refractivity contribution in [3.8, 4) is 22.3 Å². The predicted octanol–water partition coefficient (Wildman–Crippen LogP) is 16.5. The van der Waals surface area contributed by atoms with Crippen LogP contribution in [0, 0.1) is 0 Å². The topological polar surface area (TPSA) is 3.24 Å². The van der Waals surface area contributed by atoms with Crippen LogP contribution < -0.4 is 4.90 Å². The summed E-state index contributed by atoms with van der Waals surface area (Å²) in [5.41, 5.74) is 17.8. The Labute approximate surface area is 380 Å². The van der Waals surface area contributed by atoms with E-state index >= 15 is 0 Å². The van der Waals surface area contributed by atoms with Gasteiger partial charge in [0.1, 0.15) is 0 Å². The summed E-state index contributed by atoms with van der Waals surface area (Å²) in [6, 6.07) is 90.9. The molecule has 0 saturated carbocycles. The van der Waals surface area contributed by atoms with Crippen LogP contribution in [0.25, 0.3) is 54.6 Å². The number of rotatable bonds is 8. The Bertz CT molecular complexity index is 3550. The van der Waals surface area contributed by atoms with Crippen LogP contribution in [0.5, 0.6) is 0 Å². The van der Waals surface area contributed by atoms with E-state index in [1.165, 1.54) is 111 Å². The maximum atomic E-state index is 2.58. The van der Waals surface area contributed by atoms with Crippen LogP contribution >= 0.6 is 0 Å². The molecule has 0 amide bonds. The number of hydrogen-bond acceptors (Lipinski definition) is 1. The fourth-order valence-electron chi connectivity index (χ4n) is 11.7. The summed E-state index contributed by atoms with van der Waals surface area (Å²) in [6.07, 6.45) is 1.82. The Balaban J connectivity index is 0.953. The molecule has 0 aromatic heterocycles. The minimum Gasteiger partial charge on any atom is -0.309 e. The molecule has 13 rings (SSSR count). The molecule has 0 fully saturated rings. The van der Waals surface area contributed by atoms with Gasteiger partial charge in [-0.1, -0.05) is 218 Å². The van der Waals surface area contributed by atoms with Gasteiger partial charge in [0.05, 0.1) is 16.8 Å². The lowest BCUT2D eigenvalue weighted by atomic mass is 9.67. The van der Waals surface area contributed by atoms with Crippen molar-refractivity contribution < 1.29 is 0 Å². The molecule has 0 radical (unpaired) electrons. The van der Waals surface area contributed by atoms with Crippen molar-refractivity contribution in [2.45, 2.75) is 24.2 Å². The summed E-state index contributed by atoms with van der Waals surface area (Å²) in [5.74, 6) is 0.215. The normalized spacial score (nSPS) is 13.7. The molecule has 0 bridgehead atoms. The van der Waals surface area contributed by atoms with E-state index in [2.05, 4.69) is 248 Å². The van der Waals surface area contributed by atoms with Crippen molar-refractivity contribution in [1.82, 2.24) is 0 Å². The van der Waals surface area contributed by atoms with E-state index in [9.17, 15) is 0 Å². The molecule has 0 unspecified atom stereocenters. The Morgan fingerprint density at radius 2 is 0.985 bits per heavy atom. The molecule has 11 aromatic rings. The van der Waals surface area contributed by atoms with E-state index in [-0.39, 0.29) is 5.92 Å². The third kappa shape index (κ3) is 5.86. The Morgan fingerprint density at radius 1 is 0.385 bits per heavy atom. The molecule has 1 nitrogen and oxygen atoms in total. The predicted molar refractivity (Wildman–Crippen MR) is 273 cm³/mol. The number of nitrogens with zero attached hydrogens (tertiary/aromatic N) is 1. The first-order valence-corrected chi connectivity index (χ1v) is 23.0. The number of anilines is 3. The Hall–Kier alpha value is -8.00. The van der Waals surface area contributed by atoms with Gasteiger partial charge in [-0.2, -0.15) is 0 Å². The highest BCUT2D eigenvalue weighted by Crippen LogP contribution is 2.57. The van der Waals surface area contributed by atoms with Crippen molar-refractivity contribution in [2.75, 3.05) is 4.90 Å². The molecular weight excluding hydrogens is 783 g/mol. The summed E-state index contributed by atoms with van der Waals surface area (Å²) in [4.78, 5) is 2.49. The molecule has 1 aliphatic carbocycles. The van der Waals surface area contributed by atoms with Crippen molar-refractivity contribution in [3.63, 3.8) is 0 Å². The summed E-state index contributed by atoms with van der Waals surface area (Å²) in [5, 5.41) is 7.73. The molecular formula is C64H45N. The smallest absolute Gasteiger partial charge is 0.0713 e. The first-order valence-electron chi connectivity index (χ1n) is 23.0. The highest BCUT2D eigenvalue weighted by atomic mass is 15.2. The highest BCUT2D eigenvalue weighted by Gasteiger charge is 2.46. The highest BCUT2D eigenvalue weighted by molar-refractivity contribution is 6.19. The van der Waals surface area contributed by atoms with Gasteiger partial charge >= 0.3 is 0 Å². The van der Waals surface area contributed by atoms with E-state index in [0.717, 1.165) is 12.8 Å². The molecule has 11 aromatic carbocycles. The molecule has 0 spiro atoms. The van der Waals surface area contributed by atoms with Gasteiger partial charge in [-0.15, -0.1) is 0 Å². The van der Waals surface area contributed by atoms with Crippen LogP contribution in [0.3, 0.4) is 0 Å². The summed E-state index contributed by atoms with van der Waals surface area (Å²) in [7, 11) is 0. The quantitative estimate of drug-likeness (QED) is 0.147. The van der Waals surface area contributed by atoms with E-state index in [4.69, 9.17) is 0 Å². The minimum absolute atomic E-state index is 0.215. The van der Waals surface area contributed by atoms with E-state index in [1.807, 2.05) is 0 Å². The van der Waals surface area contributed by atoms with Gasteiger partial charge < -0.3 is 4.90 Å². The van der Waals surface area contributed by atoms with Crippen molar-refractivity contribution >= 4 is 49.4 Å². The Kier molecular flexibility index (Phi) is 8.71. The number of benzene rings is 11. The van der Waals surface area contributed by atoms with E-state index in [1.54, 1.807) is 0 Å².